The van der Waals surface area contributed by atoms with E-state index < -0.39 is 57.0 Å². The number of carbonyl (C=O) groups is 1. The molecular formula is C22H30N7O9P. The summed E-state index contributed by atoms with van der Waals surface area (Å²) in [5.74, 6) is -0.745. The maximum Gasteiger partial charge on any atom is 0.459 e. The molecule has 0 radical (unpaired) electrons. The van der Waals surface area contributed by atoms with Crippen molar-refractivity contribution in [3.05, 3.63) is 36.7 Å². The number of imidazole rings is 1. The number of hydrogen-bond acceptors (Lipinski definition) is 14. The minimum atomic E-state index is -4.25. The second-order valence-corrected chi connectivity index (χ2v) is 10.6. The average molecular weight is 567 g/mol. The number of aliphatic hydroxyl groups is 2. The topological polar surface area (TPSA) is 225 Å². The highest BCUT2D eigenvalue weighted by molar-refractivity contribution is 7.52. The van der Waals surface area contributed by atoms with Crippen molar-refractivity contribution in [2.24, 2.45) is 0 Å². The van der Waals surface area contributed by atoms with Gasteiger partial charge in [-0.2, -0.15) is 15.1 Å². The number of fused-ring (bicyclic) bond motifs is 1. The first-order valence-electron chi connectivity index (χ1n) is 11.9. The fourth-order valence-electron chi connectivity index (χ4n) is 3.80. The van der Waals surface area contributed by atoms with Gasteiger partial charge < -0.3 is 29.9 Å². The number of hydrogen-bond donors (Lipinski definition) is 6. The highest BCUT2D eigenvalue weighted by Crippen LogP contribution is 2.46. The van der Waals surface area contributed by atoms with Gasteiger partial charge in [0.2, 0.25) is 5.95 Å². The fraction of sp³-hybridized carbons (Fsp3) is 0.455. The molecule has 212 valence electrons. The van der Waals surface area contributed by atoms with Crippen LogP contribution in [-0.4, -0.2) is 78.0 Å². The predicted octanol–water partition coefficient (Wildman–Crippen LogP) is 0.962. The second-order valence-electron chi connectivity index (χ2n) is 8.95. The van der Waals surface area contributed by atoms with Gasteiger partial charge in [0.1, 0.15) is 30.1 Å². The third kappa shape index (κ3) is 6.45. The van der Waals surface area contributed by atoms with Crippen molar-refractivity contribution >= 4 is 36.6 Å². The molecule has 39 heavy (non-hydrogen) atoms. The number of rotatable bonds is 11. The van der Waals surface area contributed by atoms with Crippen molar-refractivity contribution in [3.63, 3.8) is 0 Å². The molecule has 6 atom stereocenters. The lowest BCUT2D eigenvalue weighted by Gasteiger charge is -2.25. The van der Waals surface area contributed by atoms with Crippen LogP contribution in [-0.2, 0) is 23.4 Å². The molecule has 7 N–H and O–H groups in total. The first-order valence-corrected chi connectivity index (χ1v) is 13.4. The molecule has 3 aromatic rings. The van der Waals surface area contributed by atoms with Crippen LogP contribution in [0, 0.1) is 0 Å². The zero-order valence-corrected chi connectivity index (χ0v) is 22.1. The van der Waals surface area contributed by atoms with Crippen molar-refractivity contribution in [1.29, 1.82) is 0 Å². The third-order valence-corrected chi connectivity index (χ3v) is 7.23. The zero-order chi connectivity index (χ0) is 28.3. The Morgan fingerprint density at radius 3 is 2.59 bits per heavy atom. The summed E-state index contributed by atoms with van der Waals surface area (Å²) in [7, 11) is -4.25. The Kier molecular flexibility index (Phi) is 8.66. The number of benzene rings is 1. The molecule has 1 saturated heterocycles. The highest BCUT2D eigenvalue weighted by Gasteiger charge is 2.46. The number of aromatic nitrogens is 4. The molecule has 3 heterocycles. The van der Waals surface area contributed by atoms with Gasteiger partial charge in [-0.15, -0.1) is 0 Å². The van der Waals surface area contributed by atoms with Gasteiger partial charge in [0.15, 0.2) is 23.2 Å². The summed E-state index contributed by atoms with van der Waals surface area (Å²) in [4.78, 5) is 24.3. The quantitative estimate of drug-likeness (QED) is 0.108. The minimum absolute atomic E-state index is 0.0700. The lowest BCUT2D eigenvalue weighted by molar-refractivity contribution is -0.149. The molecule has 0 bridgehead atoms. The van der Waals surface area contributed by atoms with E-state index in [4.69, 9.17) is 24.3 Å². The normalized spacial score (nSPS) is 23.5. The summed E-state index contributed by atoms with van der Waals surface area (Å²) >= 11 is 0. The van der Waals surface area contributed by atoms with Gasteiger partial charge in [-0.05, 0) is 32.9 Å². The van der Waals surface area contributed by atoms with Crippen LogP contribution >= 0.6 is 7.75 Å². The number of anilines is 2. The first-order chi connectivity index (χ1) is 18.5. The lowest BCUT2D eigenvalue weighted by atomic mass is 10.1. The molecule has 1 aliphatic rings. The van der Waals surface area contributed by atoms with Crippen LogP contribution in [0.1, 0.15) is 27.0 Å². The third-order valence-electron chi connectivity index (χ3n) is 5.59. The number of aliphatic hydroxyl groups excluding tert-OH is 2. The van der Waals surface area contributed by atoms with Gasteiger partial charge in [0.25, 0.3) is 0 Å². The van der Waals surface area contributed by atoms with E-state index in [-0.39, 0.29) is 28.7 Å². The Balaban J connectivity index is 1.52. The number of nitrogens with two attached hydrogens (primary N) is 1. The molecule has 1 fully saturated rings. The molecule has 1 unspecified atom stereocenters. The zero-order valence-electron chi connectivity index (χ0n) is 21.2. The van der Waals surface area contributed by atoms with Crippen LogP contribution in [0.3, 0.4) is 0 Å². The average Bonchev–Trinajstić information content (AvgIpc) is 3.42. The Morgan fingerprint density at radius 1 is 1.21 bits per heavy atom. The molecular weight excluding hydrogens is 537 g/mol. The summed E-state index contributed by atoms with van der Waals surface area (Å²) in [6, 6.07) is 7.06. The summed E-state index contributed by atoms with van der Waals surface area (Å²) in [6.45, 7) is 4.27. The Hall–Kier alpha value is -3.37. The molecule has 0 saturated carbocycles. The maximum atomic E-state index is 13.7. The number of para-hydroxylation sites is 1. The Morgan fingerprint density at radius 2 is 1.92 bits per heavy atom. The van der Waals surface area contributed by atoms with E-state index in [0.29, 0.717) is 0 Å². The standard InChI is InChI=1S/C22H30N7O9P/c1-11(2)36-21(32)12(3)28-39(34,38-13-7-5-4-6-8-13)35-9-14-16(30)17(31)20(37-14)29-10-24-15-18(27-33)25-22(23)26-19(15)29/h4-8,10-12,14,16-17,20,30-31,33H,9H2,1-3H3,(H,28,34)(H3,23,25,26,27)/t12-,14-,16-,17-,20-,39?/m1/s1. The molecule has 2 aromatic heterocycles. The van der Waals surface area contributed by atoms with Crippen molar-refractivity contribution in [1.82, 2.24) is 24.6 Å². The van der Waals surface area contributed by atoms with Crippen LogP contribution in [0.25, 0.3) is 11.2 Å². The second kappa shape index (κ2) is 11.8. The summed E-state index contributed by atoms with van der Waals surface area (Å²) < 4.78 is 37.1. The van der Waals surface area contributed by atoms with Crippen LogP contribution in [0.2, 0.25) is 0 Å². The van der Waals surface area contributed by atoms with Gasteiger partial charge >= 0.3 is 13.7 Å². The van der Waals surface area contributed by atoms with Crippen molar-refractivity contribution in [3.8, 4) is 5.75 Å². The molecule has 1 aliphatic heterocycles. The number of nitrogens with zero attached hydrogens (tertiary/aromatic N) is 4. The van der Waals surface area contributed by atoms with E-state index in [1.54, 1.807) is 44.2 Å². The Labute approximate surface area is 222 Å². The van der Waals surface area contributed by atoms with Gasteiger partial charge in [-0.1, -0.05) is 18.2 Å². The van der Waals surface area contributed by atoms with Crippen LogP contribution < -0.4 is 20.8 Å². The number of carbonyl (C=O) groups excluding carboxylic acids is 1. The molecule has 1 aromatic carbocycles. The van der Waals surface area contributed by atoms with E-state index in [1.165, 1.54) is 17.8 Å². The van der Waals surface area contributed by atoms with E-state index in [2.05, 4.69) is 20.0 Å². The molecule has 16 nitrogen and oxygen atoms in total. The SMILES string of the molecule is CC(C)OC(=O)[C@@H](C)NP(=O)(OC[C@H]1O[C@@H](n2cnc3c(NO)nc(N)nc32)[C@H](O)[C@@H]1O)Oc1ccccc1. The van der Waals surface area contributed by atoms with Gasteiger partial charge in [0.05, 0.1) is 19.0 Å². The van der Waals surface area contributed by atoms with Crippen molar-refractivity contribution in [2.75, 3.05) is 17.8 Å². The summed E-state index contributed by atoms with van der Waals surface area (Å²) in [5.41, 5.74) is 7.79. The van der Waals surface area contributed by atoms with E-state index >= 15 is 0 Å². The predicted molar refractivity (Wildman–Crippen MR) is 136 cm³/mol. The number of nitrogen functional groups attached to an aromatic ring is 1. The number of esters is 1. The van der Waals surface area contributed by atoms with Gasteiger partial charge in [0, 0.05) is 0 Å². The fourth-order valence-corrected chi connectivity index (χ4v) is 5.30. The molecule has 4 rings (SSSR count). The molecule has 17 heteroatoms. The Bertz CT molecular complexity index is 1340. The number of nitrogens with one attached hydrogen (secondary N) is 2. The monoisotopic (exact) mass is 567 g/mol. The number of ether oxygens (including phenoxy) is 2. The van der Waals surface area contributed by atoms with Crippen LogP contribution in [0.15, 0.2) is 36.7 Å². The molecule has 0 amide bonds. The van der Waals surface area contributed by atoms with E-state index in [0.717, 1.165) is 0 Å². The smallest absolute Gasteiger partial charge is 0.459 e. The van der Waals surface area contributed by atoms with E-state index in [9.17, 15) is 24.8 Å². The maximum absolute atomic E-state index is 13.7. The molecule has 0 aliphatic carbocycles. The summed E-state index contributed by atoms with van der Waals surface area (Å²) in [5, 5.41) is 33.3. The van der Waals surface area contributed by atoms with Gasteiger partial charge in [-0.3, -0.25) is 24.6 Å². The summed E-state index contributed by atoms with van der Waals surface area (Å²) in [6.07, 6.45) is -4.51. The van der Waals surface area contributed by atoms with Crippen molar-refractivity contribution in [2.45, 2.75) is 57.5 Å². The lowest BCUT2D eigenvalue weighted by Crippen LogP contribution is -2.38. The van der Waals surface area contributed by atoms with Crippen LogP contribution in [0.4, 0.5) is 11.8 Å². The largest absolute Gasteiger partial charge is 0.462 e. The minimum Gasteiger partial charge on any atom is -0.462 e. The van der Waals surface area contributed by atoms with Crippen molar-refractivity contribution < 1.29 is 43.3 Å². The first kappa shape index (κ1) is 28.6. The van der Waals surface area contributed by atoms with E-state index in [1.807, 2.05) is 5.48 Å². The highest BCUT2D eigenvalue weighted by atomic mass is 31.2. The molecule has 0 spiro atoms. The van der Waals surface area contributed by atoms with Crippen LogP contribution in [0.5, 0.6) is 5.75 Å². The van der Waals surface area contributed by atoms with Gasteiger partial charge in [-0.25, -0.2) is 9.55 Å².